The first-order valence-corrected chi connectivity index (χ1v) is 12.6. The van der Waals surface area contributed by atoms with E-state index in [1.54, 1.807) is 0 Å². The average Bonchev–Trinajstić information content (AvgIpc) is 3.01. The summed E-state index contributed by atoms with van der Waals surface area (Å²) in [6, 6.07) is -0.453. The number of Topliss-reactive ketones (excluding diaryl/α,β-unsaturated/α-hetero) is 1. The quantitative estimate of drug-likeness (QED) is 0.304. The number of phosphoric acid groups is 1. The Hall–Kier alpha value is -1.33. The summed E-state index contributed by atoms with van der Waals surface area (Å²) in [6.45, 7) is -0.569. The number of carbonyl (C=O) groups is 2. The standard InChI is InChI=1S/C20H33N2O9P/c23-15-7-10-20(15)9-5-3-1-2-4-6-13(21-11-8-16(24)22-20)19-18(26)17(25)14(31-19)12-30-32(27,28)29/h8,11,13-14,17-19,21,25-26H,1-7,9-10,12H2,(H,22,24)(H2,27,28,29)/b11-8-. The maximum atomic E-state index is 12.4. The van der Waals surface area contributed by atoms with Crippen LogP contribution >= 0.6 is 7.82 Å². The minimum absolute atomic E-state index is 0.0669. The number of aliphatic hydroxyl groups excluding tert-OH is 2. The van der Waals surface area contributed by atoms with Crippen LogP contribution in [0.5, 0.6) is 0 Å². The first-order chi connectivity index (χ1) is 15.1. The largest absolute Gasteiger partial charge is 0.469 e. The van der Waals surface area contributed by atoms with Crippen molar-refractivity contribution in [3.8, 4) is 0 Å². The molecule has 1 amide bonds. The highest BCUT2D eigenvalue weighted by atomic mass is 31.2. The summed E-state index contributed by atoms with van der Waals surface area (Å²) in [6.07, 6.45) is 4.98. The van der Waals surface area contributed by atoms with Gasteiger partial charge in [0.05, 0.1) is 18.2 Å². The van der Waals surface area contributed by atoms with Crippen molar-refractivity contribution in [2.75, 3.05) is 6.61 Å². The van der Waals surface area contributed by atoms with E-state index in [4.69, 9.17) is 14.5 Å². The fourth-order valence-corrected chi connectivity index (χ4v) is 4.94. The van der Waals surface area contributed by atoms with Crippen molar-refractivity contribution in [3.05, 3.63) is 12.3 Å². The number of hydrogen-bond acceptors (Lipinski definition) is 8. The molecule has 0 aromatic rings. The first-order valence-electron chi connectivity index (χ1n) is 11.1. The molecule has 6 unspecified atom stereocenters. The van der Waals surface area contributed by atoms with E-state index in [1.165, 1.54) is 12.3 Å². The first kappa shape index (κ1) is 25.3. The summed E-state index contributed by atoms with van der Waals surface area (Å²) < 4.78 is 21.0. The molecule has 0 aromatic heterocycles. The lowest BCUT2D eigenvalue weighted by Crippen LogP contribution is -2.60. The van der Waals surface area contributed by atoms with Crippen LogP contribution in [0.2, 0.25) is 0 Å². The molecule has 32 heavy (non-hydrogen) atoms. The second-order valence-corrected chi connectivity index (χ2v) is 10.1. The van der Waals surface area contributed by atoms with E-state index in [1.807, 2.05) is 0 Å². The van der Waals surface area contributed by atoms with Gasteiger partial charge in [0.15, 0.2) is 5.78 Å². The highest BCUT2D eigenvalue weighted by molar-refractivity contribution is 7.46. The Morgan fingerprint density at radius 2 is 1.81 bits per heavy atom. The van der Waals surface area contributed by atoms with Crippen LogP contribution in [-0.4, -0.2) is 74.3 Å². The van der Waals surface area contributed by atoms with Gasteiger partial charge in [0.2, 0.25) is 5.91 Å². The molecule has 11 nitrogen and oxygen atoms in total. The minimum Gasteiger partial charge on any atom is -0.388 e. The zero-order valence-corrected chi connectivity index (χ0v) is 18.8. The summed E-state index contributed by atoms with van der Waals surface area (Å²) in [5.41, 5.74) is -0.758. The topological polar surface area (TPSA) is 175 Å². The van der Waals surface area contributed by atoms with Gasteiger partial charge >= 0.3 is 7.82 Å². The molecular formula is C20H33N2O9P. The molecule has 1 saturated heterocycles. The van der Waals surface area contributed by atoms with Crippen molar-refractivity contribution in [1.82, 2.24) is 10.6 Å². The monoisotopic (exact) mass is 476 g/mol. The summed E-state index contributed by atoms with van der Waals surface area (Å²) in [4.78, 5) is 42.3. The molecule has 0 radical (unpaired) electrons. The van der Waals surface area contributed by atoms with Gasteiger partial charge in [0.1, 0.15) is 24.4 Å². The average molecular weight is 476 g/mol. The van der Waals surface area contributed by atoms with Gasteiger partial charge in [-0.25, -0.2) is 4.57 Å². The number of aliphatic hydroxyl groups is 2. The molecular weight excluding hydrogens is 443 g/mol. The van der Waals surface area contributed by atoms with Crippen molar-refractivity contribution in [2.24, 2.45) is 0 Å². The van der Waals surface area contributed by atoms with Gasteiger partial charge in [-0.3, -0.25) is 14.1 Å². The van der Waals surface area contributed by atoms with Gasteiger partial charge < -0.3 is 35.4 Å². The lowest BCUT2D eigenvalue weighted by molar-refractivity contribution is -0.137. The lowest BCUT2D eigenvalue weighted by Gasteiger charge is -2.40. The predicted molar refractivity (Wildman–Crippen MR) is 112 cm³/mol. The highest BCUT2D eigenvalue weighted by Crippen LogP contribution is 2.38. The molecule has 3 aliphatic rings. The van der Waals surface area contributed by atoms with Crippen LogP contribution in [-0.2, 0) is 23.4 Å². The summed E-state index contributed by atoms with van der Waals surface area (Å²) in [5, 5.41) is 26.6. The SMILES string of the molecule is O=C1/C=C\NC(C2OC(COP(=O)(O)O)C(O)C2O)CCCCCCCC2(CCC2=O)N1. The molecule has 1 spiro atoms. The van der Waals surface area contributed by atoms with E-state index < -0.39 is 50.4 Å². The fourth-order valence-electron chi connectivity index (χ4n) is 4.60. The molecule has 0 bridgehead atoms. The van der Waals surface area contributed by atoms with Crippen LogP contribution in [0.3, 0.4) is 0 Å². The van der Waals surface area contributed by atoms with Crippen LogP contribution in [0.1, 0.15) is 57.8 Å². The van der Waals surface area contributed by atoms with Gasteiger partial charge in [-0.2, -0.15) is 0 Å². The van der Waals surface area contributed by atoms with Crippen LogP contribution in [0.15, 0.2) is 12.3 Å². The number of carbonyl (C=O) groups excluding carboxylic acids is 2. The Bertz CT molecular complexity index is 757. The Morgan fingerprint density at radius 1 is 1.09 bits per heavy atom. The second-order valence-electron chi connectivity index (χ2n) is 8.81. The molecule has 2 heterocycles. The van der Waals surface area contributed by atoms with E-state index in [-0.39, 0.29) is 11.7 Å². The number of amides is 1. The number of ketones is 1. The predicted octanol–water partition coefficient (Wildman–Crippen LogP) is 0.0190. The van der Waals surface area contributed by atoms with Crippen molar-refractivity contribution >= 4 is 19.5 Å². The van der Waals surface area contributed by atoms with E-state index in [2.05, 4.69) is 15.2 Å². The van der Waals surface area contributed by atoms with E-state index >= 15 is 0 Å². The zero-order chi connectivity index (χ0) is 23.4. The number of hydrogen-bond donors (Lipinski definition) is 6. The smallest absolute Gasteiger partial charge is 0.388 e. The molecule has 3 rings (SSSR count). The van der Waals surface area contributed by atoms with Gasteiger partial charge in [-0.15, -0.1) is 0 Å². The van der Waals surface area contributed by atoms with Crippen LogP contribution in [0.25, 0.3) is 0 Å². The van der Waals surface area contributed by atoms with E-state index in [9.17, 15) is 24.4 Å². The number of ether oxygens (including phenoxy) is 1. The summed E-state index contributed by atoms with van der Waals surface area (Å²) in [5.74, 6) is -0.320. The molecule has 0 aromatic carbocycles. The number of nitrogens with one attached hydrogen (secondary N) is 2. The fraction of sp³-hybridized carbons (Fsp3) is 0.800. The molecule has 6 N–H and O–H groups in total. The minimum atomic E-state index is -4.74. The molecule has 12 heteroatoms. The zero-order valence-electron chi connectivity index (χ0n) is 17.9. The number of rotatable bonds is 4. The Balaban J connectivity index is 1.66. The number of phosphoric ester groups is 1. The van der Waals surface area contributed by atoms with Crippen molar-refractivity contribution in [1.29, 1.82) is 0 Å². The van der Waals surface area contributed by atoms with Crippen LogP contribution in [0.4, 0.5) is 0 Å². The molecule has 182 valence electrons. The van der Waals surface area contributed by atoms with Gasteiger partial charge in [-0.05, 0) is 19.3 Å². The second kappa shape index (κ2) is 10.7. The Morgan fingerprint density at radius 3 is 2.47 bits per heavy atom. The summed E-state index contributed by atoms with van der Waals surface area (Å²) in [7, 11) is -4.74. The molecule has 1 saturated carbocycles. The van der Waals surface area contributed by atoms with Crippen molar-refractivity contribution in [2.45, 2.75) is 93.8 Å². The maximum absolute atomic E-state index is 12.4. The maximum Gasteiger partial charge on any atom is 0.469 e. The van der Waals surface area contributed by atoms with Gasteiger partial charge in [-0.1, -0.05) is 32.1 Å². The van der Waals surface area contributed by atoms with Gasteiger partial charge in [0, 0.05) is 18.7 Å². The van der Waals surface area contributed by atoms with Crippen LogP contribution in [0, 0.1) is 0 Å². The molecule has 2 aliphatic heterocycles. The lowest BCUT2D eigenvalue weighted by atomic mass is 9.72. The van der Waals surface area contributed by atoms with Gasteiger partial charge in [0.25, 0.3) is 0 Å². The van der Waals surface area contributed by atoms with Crippen LogP contribution < -0.4 is 10.6 Å². The normalized spacial score (nSPS) is 38.4. The van der Waals surface area contributed by atoms with Crippen molar-refractivity contribution < 1.29 is 43.4 Å². The Kier molecular flexibility index (Phi) is 8.48. The third kappa shape index (κ3) is 6.38. The molecule has 1 aliphatic carbocycles. The third-order valence-corrected chi connectivity index (χ3v) is 7.03. The Labute approximate surface area is 186 Å². The third-order valence-electron chi connectivity index (χ3n) is 6.54. The highest BCUT2D eigenvalue weighted by Gasteiger charge is 2.47. The summed E-state index contributed by atoms with van der Waals surface area (Å²) >= 11 is 0. The molecule has 6 atom stereocenters. The molecule has 2 fully saturated rings. The van der Waals surface area contributed by atoms with E-state index in [0.29, 0.717) is 25.7 Å². The van der Waals surface area contributed by atoms with Crippen molar-refractivity contribution in [3.63, 3.8) is 0 Å². The van der Waals surface area contributed by atoms with E-state index in [0.717, 1.165) is 32.1 Å².